The highest BCUT2D eigenvalue weighted by atomic mass is 79.9. The van der Waals surface area contributed by atoms with Crippen LogP contribution in [-0.2, 0) is 6.42 Å². The molecule has 0 radical (unpaired) electrons. The van der Waals surface area contributed by atoms with Gasteiger partial charge in [-0.25, -0.2) is 4.98 Å². The summed E-state index contributed by atoms with van der Waals surface area (Å²) in [5.41, 5.74) is 2.27. The molecule has 1 aromatic carbocycles. The molecule has 1 N–H and O–H groups in total. The Morgan fingerprint density at radius 2 is 2.14 bits per heavy atom. The average molecular weight is 379 g/mol. The largest absolute Gasteiger partial charge is 0.350 e. The lowest BCUT2D eigenvalue weighted by molar-refractivity contribution is 0.0951. The quantitative estimate of drug-likeness (QED) is 0.752. The normalized spacial score (nSPS) is 10.8. The zero-order chi connectivity index (χ0) is 15.5. The van der Waals surface area contributed by atoms with Gasteiger partial charge in [0.15, 0.2) is 10.4 Å². The second-order valence-corrected chi connectivity index (χ2v) is 5.97. The predicted molar refractivity (Wildman–Crippen MR) is 90.4 cm³/mol. The summed E-state index contributed by atoms with van der Waals surface area (Å²) in [6.45, 7) is 0.530. The van der Waals surface area contributed by atoms with Crippen LogP contribution in [0.4, 0.5) is 0 Å². The van der Waals surface area contributed by atoms with E-state index in [1.807, 2.05) is 53.1 Å². The molecule has 0 saturated carbocycles. The average Bonchev–Trinajstić information content (AvgIpc) is 2.85. The third kappa shape index (κ3) is 3.15. The number of carbonyl (C=O) groups excluding carboxylic acids is 1. The summed E-state index contributed by atoms with van der Waals surface area (Å²) >= 11 is 9.30. The first-order chi connectivity index (χ1) is 10.6. The van der Waals surface area contributed by atoms with Gasteiger partial charge in [-0.15, -0.1) is 0 Å². The van der Waals surface area contributed by atoms with Gasteiger partial charge >= 0.3 is 0 Å². The SMILES string of the molecule is O=C(NCCc1cccc(Cl)c1)c1nc(Br)n2ccccc12. The fourth-order valence-corrected chi connectivity index (χ4v) is 2.96. The van der Waals surface area contributed by atoms with Crippen molar-refractivity contribution in [3.05, 3.63) is 69.7 Å². The monoisotopic (exact) mass is 377 g/mol. The Balaban J connectivity index is 1.69. The molecule has 2 heterocycles. The summed E-state index contributed by atoms with van der Waals surface area (Å²) in [4.78, 5) is 16.6. The summed E-state index contributed by atoms with van der Waals surface area (Å²) in [6.07, 6.45) is 2.58. The fraction of sp³-hybridized carbons (Fsp3) is 0.125. The van der Waals surface area contributed by atoms with E-state index in [1.165, 1.54) is 0 Å². The van der Waals surface area contributed by atoms with Crippen LogP contribution in [-0.4, -0.2) is 21.8 Å². The Labute approximate surface area is 141 Å². The van der Waals surface area contributed by atoms with Crippen molar-refractivity contribution < 1.29 is 4.79 Å². The molecule has 3 aromatic rings. The highest BCUT2D eigenvalue weighted by Gasteiger charge is 2.15. The molecule has 0 aliphatic heterocycles. The Morgan fingerprint density at radius 3 is 2.95 bits per heavy atom. The molecule has 2 aromatic heterocycles. The highest BCUT2D eigenvalue weighted by Crippen LogP contribution is 2.17. The zero-order valence-corrected chi connectivity index (χ0v) is 13.9. The van der Waals surface area contributed by atoms with E-state index in [1.54, 1.807) is 0 Å². The molecule has 22 heavy (non-hydrogen) atoms. The van der Waals surface area contributed by atoms with Gasteiger partial charge in [0.05, 0.1) is 5.52 Å². The molecule has 6 heteroatoms. The number of imidazole rings is 1. The van der Waals surface area contributed by atoms with E-state index >= 15 is 0 Å². The number of nitrogens with one attached hydrogen (secondary N) is 1. The minimum atomic E-state index is -0.184. The van der Waals surface area contributed by atoms with E-state index in [0.29, 0.717) is 22.0 Å². The van der Waals surface area contributed by atoms with E-state index in [9.17, 15) is 4.79 Å². The molecular weight excluding hydrogens is 366 g/mol. The molecule has 0 fully saturated rings. The van der Waals surface area contributed by atoms with Crippen LogP contribution in [0.25, 0.3) is 5.52 Å². The number of pyridine rings is 1. The third-order valence-electron chi connectivity index (χ3n) is 3.31. The zero-order valence-electron chi connectivity index (χ0n) is 11.6. The molecule has 0 atom stereocenters. The molecule has 0 aliphatic carbocycles. The number of fused-ring (bicyclic) bond motifs is 1. The van der Waals surface area contributed by atoms with Crippen LogP contribution >= 0.6 is 27.5 Å². The summed E-state index contributed by atoms with van der Waals surface area (Å²) in [5, 5.41) is 3.60. The molecule has 112 valence electrons. The molecule has 0 saturated heterocycles. The van der Waals surface area contributed by atoms with Crippen molar-refractivity contribution in [1.29, 1.82) is 0 Å². The third-order valence-corrected chi connectivity index (χ3v) is 4.10. The summed E-state index contributed by atoms with van der Waals surface area (Å²) < 4.78 is 2.44. The van der Waals surface area contributed by atoms with Gasteiger partial charge in [0, 0.05) is 17.8 Å². The first-order valence-corrected chi connectivity index (χ1v) is 7.97. The molecule has 4 nitrogen and oxygen atoms in total. The number of rotatable bonds is 4. The van der Waals surface area contributed by atoms with Gasteiger partial charge in [-0.2, -0.15) is 0 Å². The van der Waals surface area contributed by atoms with Crippen molar-refractivity contribution in [2.24, 2.45) is 0 Å². The maximum Gasteiger partial charge on any atom is 0.272 e. The highest BCUT2D eigenvalue weighted by molar-refractivity contribution is 9.10. The topological polar surface area (TPSA) is 46.4 Å². The van der Waals surface area contributed by atoms with Crippen LogP contribution in [0.3, 0.4) is 0 Å². The molecule has 0 unspecified atom stereocenters. The summed E-state index contributed by atoms with van der Waals surface area (Å²) in [7, 11) is 0. The lowest BCUT2D eigenvalue weighted by Gasteiger charge is -2.04. The number of hydrogen-bond acceptors (Lipinski definition) is 2. The van der Waals surface area contributed by atoms with Gasteiger partial charge in [-0.1, -0.05) is 29.8 Å². The first kappa shape index (κ1) is 15.1. The summed E-state index contributed by atoms with van der Waals surface area (Å²) in [6, 6.07) is 13.3. The molecular formula is C16H13BrClN3O. The molecule has 3 rings (SSSR count). The lowest BCUT2D eigenvalue weighted by atomic mass is 10.1. The number of benzene rings is 1. The fourth-order valence-electron chi connectivity index (χ4n) is 2.26. The van der Waals surface area contributed by atoms with Crippen molar-refractivity contribution in [2.45, 2.75) is 6.42 Å². The smallest absolute Gasteiger partial charge is 0.272 e. The van der Waals surface area contributed by atoms with Crippen molar-refractivity contribution in [3.63, 3.8) is 0 Å². The van der Waals surface area contributed by atoms with Gasteiger partial charge in [0.1, 0.15) is 0 Å². The Kier molecular flexibility index (Phi) is 4.45. The Bertz CT molecular complexity index is 831. The standard InChI is InChI=1S/C16H13BrClN3O/c17-16-20-14(13-6-1-2-9-21(13)16)15(22)19-8-7-11-4-3-5-12(18)10-11/h1-6,9-10H,7-8H2,(H,19,22). The van der Waals surface area contributed by atoms with Gasteiger partial charge in [-0.05, 0) is 52.2 Å². The summed E-state index contributed by atoms with van der Waals surface area (Å²) in [5.74, 6) is -0.184. The Morgan fingerprint density at radius 1 is 1.27 bits per heavy atom. The number of amides is 1. The number of halogens is 2. The van der Waals surface area contributed by atoms with Crippen molar-refractivity contribution >= 4 is 39.0 Å². The van der Waals surface area contributed by atoms with Crippen LogP contribution in [0.5, 0.6) is 0 Å². The molecule has 0 spiro atoms. The van der Waals surface area contributed by atoms with Gasteiger partial charge in [0.25, 0.3) is 5.91 Å². The number of carbonyl (C=O) groups is 1. The second kappa shape index (κ2) is 6.50. The van der Waals surface area contributed by atoms with Crippen LogP contribution in [0.1, 0.15) is 16.1 Å². The van der Waals surface area contributed by atoms with Gasteiger partial charge < -0.3 is 5.32 Å². The van der Waals surface area contributed by atoms with E-state index in [4.69, 9.17) is 11.6 Å². The maximum absolute atomic E-state index is 12.3. The van der Waals surface area contributed by atoms with E-state index in [2.05, 4.69) is 26.2 Å². The minimum absolute atomic E-state index is 0.184. The predicted octanol–water partition coefficient (Wildman–Crippen LogP) is 3.72. The minimum Gasteiger partial charge on any atom is -0.350 e. The molecule has 0 aliphatic rings. The molecule has 1 amide bonds. The molecule has 0 bridgehead atoms. The van der Waals surface area contributed by atoms with E-state index < -0.39 is 0 Å². The van der Waals surface area contributed by atoms with E-state index in [-0.39, 0.29) is 5.91 Å². The van der Waals surface area contributed by atoms with Crippen molar-refractivity contribution in [3.8, 4) is 0 Å². The lowest BCUT2D eigenvalue weighted by Crippen LogP contribution is -2.26. The van der Waals surface area contributed by atoms with Gasteiger partial charge in [-0.3, -0.25) is 9.20 Å². The Hall–Kier alpha value is -1.85. The van der Waals surface area contributed by atoms with Crippen LogP contribution in [0.15, 0.2) is 53.4 Å². The van der Waals surface area contributed by atoms with Gasteiger partial charge in [0.2, 0.25) is 0 Å². The van der Waals surface area contributed by atoms with Crippen molar-refractivity contribution in [2.75, 3.05) is 6.54 Å². The van der Waals surface area contributed by atoms with Crippen molar-refractivity contribution in [1.82, 2.24) is 14.7 Å². The van der Waals surface area contributed by atoms with E-state index in [0.717, 1.165) is 17.5 Å². The van der Waals surface area contributed by atoms with Crippen LogP contribution in [0.2, 0.25) is 5.02 Å². The second-order valence-electron chi connectivity index (χ2n) is 4.82. The van der Waals surface area contributed by atoms with Crippen LogP contribution < -0.4 is 5.32 Å². The number of nitrogens with zero attached hydrogens (tertiary/aromatic N) is 2. The first-order valence-electron chi connectivity index (χ1n) is 6.80. The number of hydrogen-bond donors (Lipinski definition) is 1. The maximum atomic E-state index is 12.3. The van der Waals surface area contributed by atoms with Crippen LogP contribution in [0, 0.1) is 0 Å². The number of aromatic nitrogens is 2.